The van der Waals surface area contributed by atoms with Gasteiger partial charge in [0.05, 0.1) is 0 Å². The van der Waals surface area contributed by atoms with Crippen molar-refractivity contribution in [2.45, 2.75) is 46.0 Å². The molecular weight excluding hydrogens is 194 g/mol. The predicted octanol–water partition coefficient (Wildman–Crippen LogP) is 4.27. The molecule has 0 fully saturated rings. The first-order valence-electron chi connectivity index (χ1n) is 6.68. The molecule has 0 saturated carbocycles. The fraction of sp³-hybridized carbons (Fsp3) is 0.733. The maximum Gasteiger partial charge on any atom is 0.0163 e. The van der Waals surface area contributed by atoms with E-state index in [0.29, 0.717) is 0 Å². The van der Waals surface area contributed by atoms with E-state index in [-0.39, 0.29) is 0 Å². The molecule has 1 heteroatoms. The molecule has 1 nitrogen and oxygen atoms in total. The van der Waals surface area contributed by atoms with Crippen LogP contribution in [-0.2, 0) is 0 Å². The van der Waals surface area contributed by atoms with Crippen molar-refractivity contribution in [3.63, 3.8) is 0 Å². The van der Waals surface area contributed by atoms with Crippen molar-refractivity contribution in [3.05, 3.63) is 25.3 Å². The lowest BCUT2D eigenvalue weighted by atomic mass is 10.00. The van der Waals surface area contributed by atoms with E-state index in [9.17, 15) is 0 Å². The first-order valence-corrected chi connectivity index (χ1v) is 6.68. The second kappa shape index (κ2) is 10.9. The minimum absolute atomic E-state index is 0.851. The molecule has 0 aromatic carbocycles. The standard InChI is InChI=1S/C15H29N/c1-5-8-9-10-15(4)11-14-16(12-6-2)13-7-3/h6-7,15H,2-3,5,8-14H2,1,4H3. The molecule has 0 rings (SSSR count). The topological polar surface area (TPSA) is 3.24 Å². The van der Waals surface area contributed by atoms with Gasteiger partial charge in [0.25, 0.3) is 0 Å². The summed E-state index contributed by atoms with van der Waals surface area (Å²) in [6.07, 6.45) is 10.7. The lowest BCUT2D eigenvalue weighted by Crippen LogP contribution is -2.26. The van der Waals surface area contributed by atoms with Crippen LogP contribution in [0.3, 0.4) is 0 Å². The van der Waals surface area contributed by atoms with E-state index in [0.717, 1.165) is 19.0 Å². The zero-order chi connectivity index (χ0) is 12.2. The van der Waals surface area contributed by atoms with Crippen molar-refractivity contribution in [1.82, 2.24) is 4.90 Å². The molecule has 0 saturated heterocycles. The van der Waals surface area contributed by atoms with Crippen molar-refractivity contribution in [1.29, 1.82) is 0 Å². The first kappa shape index (κ1) is 15.4. The van der Waals surface area contributed by atoms with Gasteiger partial charge in [-0.05, 0) is 18.9 Å². The van der Waals surface area contributed by atoms with Crippen LogP contribution in [0.4, 0.5) is 0 Å². The van der Waals surface area contributed by atoms with Crippen LogP contribution in [0.25, 0.3) is 0 Å². The van der Waals surface area contributed by atoms with Gasteiger partial charge in [-0.1, -0.05) is 51.7 Å². The number of hydrogen-bond acceptors (Lipinski definition) is 1. The second-order valence-electron chi connectivity index (χ2n) is 4.73. The molecule has 0 spiro atoms. The normalized spacial score (nSPS) is 12.7. The van der Waals surface area contributed by atoms with Crippen LogP contribution < -0.4 is 0 Å². The van der Waals surface area contributed by atoms with Gasteiger partial charge < -0.3 is 0 Å². The van der Waals surface area contributed by atoms with Crippen LogP contribution in [0.2, 0.25) is 0 Å². The van der Waals surface area contributed by atoms with Gasteiger partial charge >= 0.3 is 0 Å². The zero-order valence-corrected chi connectivity index (χ0v) is 11.3. The van der Waals surface area contributed by atoms with Crippen molar-refractivity contribution in [2.75, 3.05) is 19.6 Å². The maximum atomic E-state index is 3.79. The minimum Gasteiger partial charge on any atom is -0.296 e. The van der Waals surface area contributed by atoms with Crippen molar-refractivity contribution in [3.8, 4) is 0 Å². The largest absolute Gasteiger partial charge is 0.296 e. The third kappa shape index (κ3) is 8.72. The average Bonchev–Trinajstić information content (AvgIpc) is 2.27. The quantitative estimate of drug-likeness (QED) is 0.373. The van der Waals surface area contributed by atoms with Crippen molar-refractivity contribution in [2.24, 2.45) is 5.92 Å². The molecule has 94 valence electrons. The summed E-state index contributed by atoms with van der Waals surface area (Å²) in [4.78, 5) is 2.40. The van der Waals surface area contributed by atoms with E-state index < -0.39 is 0 Å². The number of hydrogen-bond donors (Lipinski definition) is 0. The maximum absolute atomic E-state index is 3.79. The van der Waals surface area contributed by atoms with Crippen LogP contribution in [0.1, 0.15) is 46.0 Å². The SMILES string of the molecule is C=CCN(CC=C)CCC(C)CCCCC. The molecule has 0 radical (unpaired) electrons. The number of rotatable bonds is 11. The van der Waals surface area contributed by atoms with Gasteiger partial charge in [-0.25, -0.2) is 0 Å². The number of nitrogens with zero attached hydrogens (tertiary/aromatic N) is 1. The molecule has 0 aromatic rings. The highest BCUT2D eigenvalue weighted by molar-refractivity contribution is 4.79. The summed E-state index contributed by atoms with van der Waals surface area (Å²) >= 11 is 0. The minimum atomic E-state index is 0.851. The predicted molar refractivity (Wildman–Crippen MR) is 74.8 cm³/mol. The summed E-state index contributed by atoms with van der Waals surface area (Å²) in [6.45, 7) is 15.4. The number of unbranched alkanes of at least 4 members (excludes halogenated alkanes) is 2. The Labute approximate surface area is 102 Å². The molecule has 0 aliphatic carbocycles. The van der Waals surface area contributed by atoms with Gasteiger partial charge in [0.15, 0.2) is 0 Å². The second-order valence-corrected chi connectivity index (χ2v) is 4.73. The van der Waals surface area contributed by atoms with Gasteiger partial charge in [0.2, 0.25) is 0 Å². The Morgan fingerprint density at radius 3 is 2.19 bits per heavy atom. The Balaban J connectivity index is 3.63. The van der Waals surface area contributed by atoms with Gasteiger partial charge in [-0.3, -0.25) is 4.90 Å². The van der Waals surface area contributed by atoms with Crippen LogP contribution in [0, 0.1) is 5.92 Å². The smallest absolute Gasteiger partial charge is 0.0163 e. The van der Waals surface area contributed by atoms with Gasteiger partial charge in [-0.2, -0.15) is 0 Å². The fourth-order valence-electron chi connectivity index (χ4n) is 1.91. The highest BCUT2D eigenvalue weighted by atomic mass is 15.1. The fourth-order valence-corrected chi connectivity index (χ4v) is 1.91. The summed E-state index contributed by atoms with van der Waals surface area (Å²) < 4.78 is 0. The molecule has 1 atom stereocenters. The van der Waals surface area contributed by atoms with Crippen LogP contribution in [0.5, 0.6) is 0 Å². The van der Waals surface area contributed by atoms with Crippen molar-refractivity contribution >= 4 is 0 Å². The van der Waals surface area contributed by atoms with Gasteiger partial charge in [0.1, 0.15) is 0 Å². The lowest BCUT2D eigenvalue weighted by Gasteiger charge is -2.21. The summed E-state index contributed by atoms with van der Waals surface area (Å²) in [5.41, 5.74) is 0. The molecule has 16 heavy (non-hydrogen) atoms. The summed E-state index contributed by atoms with van der Waals surface area (Å²) in [6, 6.07) is 0. The lowest BCUT2D eigenvalue weighted by molar-refractivity contribution is 0.298. The van der Waals surface area contributed by atoms with E-state index in [2.05, 4.69) is 31.9 Å². The van der Waals surface area contributed by atoms with E-state index in [1.54, 1.807) is 0 Å². The van der Waals surface area contributed by atoms with E-state index in [1.807, 2.05) is 12.2 Å². The Hall–Kier alpha value is -0.560. The Morgan fingerprint density at radius 2 is 1.69 bits per heavy atom. The molecule has 0 aliphatic rings. The third-order valence-electron chi connectivity index (χ3n) is 3.01. The van der Waals surface area contributed by atoms with Crippen molar-refractivity contribution < 1.29 is 0 Å². The zero-order valence-electron chi connectivity index (χ0n) is 11.3. The molecule has 0 aromatic heterocycles. The van der Waals surface area contributed by atoms with E-state index >= 15 is 0 Å². The van der Waals surface area contributed by atoms with Crippen LogP contribution in [0.15, 0.2) is 25.3 Å². The summed E-state index contributed by atoms with van der Waals surface area (Å²) in [5, 5.41) is 0. The van der Waals surface area contributed by atoms with Crippen LogP contribution >= 0.6 is 0 Å². The highest BCUT2D eigenvalue weighted by Gasteiger charge is 2.05. The van der Waals surface area contributed by atoms with Gasteiger partial charge in [-0.15, -0.1) is 13.2 Å². The third-order valence-corrected chi connectivity index (χ3v) is 3.01. The van der Waals surface area contributed by atoms with E-state index in [4.69, 9.17) is 0 Å². The first-order chi connectivity index (χ1) is 7.74. The molecule has 1 unspecified atom stereocenters. The Morgan fingerprint density at radius 1 is 1.06 bits per heavy atom. The van der Waals surface area contributed by atoms with Crippen LogP contribution in [-0.4, -0.2) is 24.5 Å². The van der Waals surface area contributed by atoms with Gasteiger partial charge in [0, 0.05) is 13.1 Å². The molecule has 0 bridgehead atoms. The monoisotopic (exact) mass is 223 g/mol. The summed E-state index contributed by atoms with van der Waals surface area (Å²) in [7, 11) is 0. The summed E-state index contributed by atoms with van der Waals surface area (Å²) in [5.74, 6) is 0.851. The molecule has 0 N–H and O–H groups in total. The molecule has 0 amide bonds. The Kier molecular flexibility index (Phi) is 10.6. The average molecular weight is 223 g/mol. The molecule has 0 aliphatic heterocycles. The highest BCUT2D eigenvalue weighted by Crippen LogP contribution is 2.13. The molecular formula is C15H29N. The van der Waals surface area contributed by atoms with E-state index in [1.165, 1.54) is 38.6 Å². The molecule has 0 heterocycles. The Bertz CT molecular complexity index is 164.